The van der Waals surface area contributed by atoms with Crippen LogP contribution < -0.4 is 4.72 Å². The molecule has 0 aliphatic carbocycles. The summed E-state index contributed by atoms with van der Waals surface area (Å²) >= 11 is 6.56. The molecule has 0 aromatic carbocycles. The molecule has 2 N–H and O–H groups in total. The van der Waals surface area contributed by atoms with Gasteiger partial charge in [0.1, 0.15) is 0 Å². The summed E-state index contributed by atoms with van der Waals surface area (Å²) in [6, 6.07) is 0. The summed E-state index contributed by atoms with van der Waals surface area (Å²) in [6.07, 6.45) is 4.49. The summed E-state index contributed by atoms with van der Waals surface area (Å²) in [4.78, 5) is 3.72. The molecule has 0 saturated heterocycles. The summed E-state index contributed by atoms with van der Waals surface area (Å²) in [5, 5.41) is 6.76. The predicted octanol–water partition coefficient (Wildman–Crippen LogP) is 1.74. The third kappa shape index (κ3) is 3.75. The second kappa shape index (κ2) is 6.00. The van der Waals surface area contributed by atoms with Crippen LogP contribution in [0.1, 0.15) is 17.7 Å². The molecule has 0 fully saturated rings. The number of H-pyrrole nitrogens is 1. The Hall–Kier alpha value is -0.960. The van der Waals surface area contributed by atoms with Crippen molar-refractivity contribution in [1.29, 1.82) is 0 Å². The standard InChI is InChI=1S/C10H13ClN4O2S2/c1-7-8(5-13-15-7)3-2-4-14-19(16,17)9-6-12-10(11)18-9/h5-6,14H,2-4H2,1H3,(H,13,15). The van der Waals surface area contributed by atoms with E-state index in [1.165, 1.54) is 6.20 Å². The van der Waals surface area contributed by atoms with Crippen molar-refractivity contribution in [2.75, 3.05) is 6.54 Å². The zero-order valence-electron chi connectivity index (χ0n) is 10.2. The highest BCUT2D eigenvalue weighted by molar-refractivity contribution is 7.91. The van der Waals surface area contributed by atoms with Crippen LogP contribution in [0.5, 0.6) is 0 Å². The normalized spacial score (nSPS) is 11.9. The number of halogens is 1. The number of hydrogen-bond donors (Lipinski definition) is 2. The van der Waals surface area contributed by atoms with E-state index in [1.54, 1.807) is 6.20 Å². The summed E-state index contributed by atoms with van der Waals surface area (Å²) in [5.41, 5.74) is 2.11. The van der Waals surface area contributed by atoms with E-state index in [0.29, 0.717) is 13.0 Å². The monoisotopic (exact) mass is 320 g/mol. The molecule has 0 unspecified atom stereocenters. The van der Waals surface area contributed by atoms with Crippen LogP contribution in [0.15, 0.2) is 16.6 Å². The Kier molecular flexibility index (Phi) is 4.56. The second-order valence-corrected chi connectivity index (χ2v) is 7.56. The van der Waals surface area contributed by atoms with Crippen LogP contribution in [0.25, 0.3) is 0 Å². The lowest BCUT2D eigenvalue weighted by molar-refractivity contribution is 0.581. The lowest BCUT2D eigenvalue weighted by Crippen LogP contribution is -2.24. The Balaban J connectivity index is 1.84. The van der Waals surface area contributed by atoms with Crippen molar-refractivity contribution in [2.24, 2.45) is 0 Å². The molecule has 0 aliphatic heterocycles. The molecule has 9 heteroatoms. The topological polar surface area (TPSA) is 87.7 Å². The van der Waals surface area contributed by atoms with Crippen LogP contribution in [0.3, 0.4) is 0 Å². The molecule has 19 heavy (non-hydrogen) atoms. The average Bonchev–Trinajstić information content (AvgIpc) is 2.94. The first-order chi connectivity index (χ1) is 8.99. The van der Waals surface area contributed by atoms with E-state index in [1.807, 2.05) is 6.92 Å². The molecule has 0 saturated carbocycles. The molecule has 2 aromatic heterocycles. The lowest BCUT2D eigenvalue weighted by Gasteiger charge is -2.03. The zero-order valence-corrected chi connectivity index (χ0v) is 12.6. The van der Waals surface area contributed by atoms with E-state index in [-0.39, 0.29) is 8.68 Å². The highest BCUT2D eigenvalue weighted by Gasteiger charge is 2.16. The number of aromatic nitrogens is 3. The molecule has 0 aliphatic rings. The molecule has 6 nitrogen and oxygen atoms in total. The van der Waals surface area contributed by atoms with Gasteiger partial charge in [-0.05, 0) is 25.3 Å². The van der Waals surface area contributed by atoms with Crippen molar-refractivity contribution in [2.45, 2.75) is 24.0 Å². The Labute approximate surface area is 120 Å². The van der Waals surface area contributed by atoms with Gasteiger partial charge in [-0.3, -0.25) is 5.10 Å². The van der Waals surface area contributed by atoms with E-state index in [9.17, 15) is 8.42 Å². The van der Waals surface area contributed by atoms with Crippen molar-refractivity contribution in [3.05, 3.63) is 28.1 Å². The molecular weight excluding hydrogens is 308 g/mol. The number of thiazole rings is 1. The van der Waals surface area contributed by atoms with Gasteiger partial charge in [-0.1, -0.05) is 22.9 Å². The Morgan fingerprint density at radius 2 is 2.26 bits per heavy atom. The summed E-state index contributed by atoms with van der Waals surface area (Å²) in [7, 11) is -3.49. The number of aryl methyl sites for hydroxylation is 2. The molecule has 2 heterocycles. The Bertz CT molecular complexity index is 650. The Morgan fingerprint density at radius 1 is 1.47 bits per heavy atom. The predicted molar refractivity (Wildman–Crippen MR) is 74.0 cm³/mol. The van der Waals surface area contributed by atoms with Crippen LogP contribution in [-0.2, 0) is 16.4 Å². The molecule has 0 bridgehead atoms. The Morgan fingerprint density at radius 3 is 2.84 bits per heavy atom. The van der Waals surface area contributed by atoms with E-state index in [0.717, 1.165) is 29.0 Å². The van der Waals surface area contributed by atoms with Crippen LogP contribution in [0.2, 0.25) is 4.47 Å². The number of aromatic amines is 1. The minimum Gasteiger partial charge on any atom is -0.283 e. The summed E-state index contributed by atoms with van der Waals surface area (Å²) in [6.45, 7) is 2.30. The molecule has 2 aromatic rings. The van der Waals surface area contributed by atoms with Gasteiger partial charge in [0.25, 0.3) is 10.0 Å². The first kappa shape index (κ1) is 14.4. The molecule has 104 valence electrons. The average molecular weight is 321 g/mol. The smallest absolute Gasteiger partial charge is 0.251 e. The third-order valence-corrected chi connectivity index (χ3v) is 5.61. The van der Waals surface area contributed by atoms with Gasteiger partial charge >= 0.3 is 0 Å². The number of hydrogen-bond acceptors (Lipinski definition) is 5. The maximum absolute atomic E-state index is 11.9. The van der Waals surface area contributed by atoms with Crippen molar-refractivity contribution >= 4 is 33.0 Å². The number of nitrogens with zero attached hydrogens (tertiary/aromatic N) is 2. The minimum absolute atomic E-state index is 0.136. The fourth-order valence-electron chi connectivity index (χ4n) is 1.55. The van der Waals surface area contributed by atoms with Gasteiger partial charge in [-0.25, -0.2) is 18.1 Å². The number of sulfonamides is 1. The van der Waals surface area contributed by atoms with Crippen LogP contribution >= 0.6 is 22.9 Å². The van der Waals surface area contributed by atoms with Gasteiger partial charge in [0.15, 0.2) is 8.68 Å². The van der Waals surface area contributed by atoms with Gasteiger partial charge in [-0.15, -0.1) is 0 Å². The highest BCUT2D eigenvalue weighted by atomic mass is 35.5. The van der Waals surface area contributed by atoms with E-state index >= 15 is 0 Å². The van der Waals surface area contributed by atoms with Gasteiger partial charge < -0.3 is 0 Å². The third-order valence-electron chi connectivity index (χ3n) is 2.57. The van der Waals surface area contributed by atoms with E-state index < -0.39 is 10.0 Å². The van der Waals surface area contributed by atoms with Gasteiger partial charge in [0.2, 0.25) is 0 Å². The van der Waals surface area contributed by atoms with E-state index in [2.05, 4.69) is 19.9 Å². The van der Waals surface area contributed by atoms with Crippen LogP contribution in [0, 0.1) is 6.92 Å². The minimum atomic E-state index is -3.49. The molecule has 0 amide bonds. The summed E-state index contributed by atoms with van der Waals surface area (Å²) < 4.78 is 26.6. The maximum atomic E-state index is 11.9. The lowest BCUT2D eigenvalue weighted by atomic mass is 10.1. The first-order valence-electron chi connectivity index (χ1n) is 5.59. The SMILES string of the molecule is Cc1[nH]ncc1CCCNS(=O)(=O)c1cnc(Cl)s1. The highest BCUT2D eigenvalue weighted by Crippen LogP contribution is 2.22. The molecule has 0 atom stereocenters. The van der Waals surface area contributed by atoms with Gasteiger partial charge in [0, 0.05) is 12.2 Å². The first-order valence-corrected chi connectivity index (χ1v) is 8.26. The van der Waals surface area contributed by atoms with Crippen molar-refractivity contribution in [3.63, 3.8) is 0 Å². The van der Waals surface area contributed by atoms with Crippen molar-refractivity contribution in [1.82, 2.24) is 19.9 Å². The quantitative estimate of drug-likeness (QED) is 0.794. The largest absolute Gasteiger partial charge is 0.283 e. The second-order valence-electron chi connectivity index (χ2n) is 3.95. The molecular formula is C10H13ClN4O2S2. The van der Waals surface area contributed by atoms with Gasteiger partial charge in [-0.2, -0.15) is 5.10 Å². The molecule has 0 spiro atoms. The van der Waals surface area contributed by atoms with E-state index in [4.69, 9.17) is 11.6 Å². The zero-order chi connectivity index (χ0) is 13.9. The van der Waals surface area contributed by atoms with Crippen molar-refractivity contribution in [3.8, 4) is 0 Å². The van der Waals surface area contributed by atoms with Gasteiger partial charge in [0.05, 0.1) is 12.4 Å². The molecule has 0 radical (unpaired) electrons. The molecule has 2 rings (SSSR count). The summed E-state index contributed by atoms with van der Waals surface area (Å²) in [5.74, 6) is 0. The van der Waals surface area contributed by atoms with Crippen molar-refractivity contribution < 1.29 is 8.42 Å². The number of rotatable bonds is 6. The van der Waals surface area contributed by atoms with Crippen LogP contribution in [0.4, 0.5) is 0 Å². The fraction of sp³-hybridized carbons (Fsp3) is 0.400. The fourth-order valence-corrected chi connectivity index (χ4v) is 3.96. The van der Waals surface area contributed by atoms with Crippen LogP contribution in [-0.4, -0.2) is 30.1 Å². The maximum Gasteiger partial charge on any atom is 0.251 e. The number of nitrogens with one attached hydrogen (secondary N) is 2.